The Labute approximate surface area is 134 Å². The quantitative estimate of drug-likeness (QED) is 0.226. The van der Waals surface area contributed by atoms with E-state index in [0.29, 0.717) is 0 Å². The molecule has 1 unspecified atom stereocenters. The van der Waals surface area contributed by atoms with E-state index in [-0.39, 0.29) is 29.9 Å². The minimum atomic E-state index is -1.11. The summed E-state index contributed by atoms with van der Waals surface area (Å²) in [5, 5.41) is 11.1. The number of esters is 1. The number of nitro groups is 1. The van der Waals surface area contributed by atoms with Gasteiger partial charge in [-0.05, 0) is 35.8 Å². The molecule has 1 atom stereocenters. The molecule has 22 heavy (non-hydrogen) atoms. The van der Waals surface area contributed by atoms with Crippen molar-refractivity contribution in [1.29, 1.82) is 0 Å². The molecule has 7 nitrogen and oxygen atoms in total. The molecule has 0 fully saturated rings. The fourth-order valence-corrected chi connectivity index (χ4v) is 2.08. The molecule has 0 spiro atoms. The lowest BCUT2D eigenvalue weighted by Crippen LogP contribution is -2.22. The van der Waals surface area contributed by atoms with Crippen molar-refractivity contribution in [3.05, 3.63) is 38.1 Å². The van der Waals surface area contributed by atoms with Crippen LogP contribution in [0.5, 0.6) is 0 Å². The smallest absolute Gasteiger partial charge is 0.316 e. The minimum absolute atomic E-state index is 0.00110. The van der Waals surface area contributed by atoms with E-state index < -0.39 is 28.3 Å². The highest BCUT2D eigenvalue weighted by Crippen LogP contribution is 2.32. The molecule has 122 valence electrons. The average Bonchev–Trinajstić information content (AvgIpc) is 2.46. The first-order chi connectivity index (χ1) is 10.4. The van der Waals surface area contributed by atoms with E-state index in [4.69, 9.17) is 14.5 Å². The molecule has 1 aromatic carbocycles. The number of carbonyl (C=O) groups is 1. The number of halogens is 2. The van der Waals surface area contributed by atoms with Crippen LogP contribution in [-0.2, 0) is 19.3 Å². The van der Waals surface area contributed by atoms with Gasteiger partial charge in [0, 0.05) is 5.56 Å². The SMILES string of the molecule is CCOOCC(C(=O)OCC)c1cc(Br)c(F)cc1[N+](=O)[O-]. The number of ether oxygens (including phenoxy) is 1. The van der Waals surface area contributed by atoms with Gasteiger partial charge in [-0.3, -0.25) is 14.9 Å². The Morgan fingerprint density at radius 2 is 2.05 bits per heavy atom. The molecule has 0 aromatic heterocycles. The van der Waals surface area contributed by atoms with E-state index >= 15 is 0 Å². The lowest BCUT2D eigenvalue weighted by molar-refractivity contribution is -0.386. The fourth-order valence-electron chi connectivity index (χ4n) is 1.72. The standard InChI is InChI=1S/C13H15BrFNO6/c1-3-20-13(17)9(7-22-21-4-2)8-5-10(14)11(15)6-12(8)16(18)19/h5-6,9H,3-4,7H2,1-2H3. The van der Waals surface area contributed by atoms with Crippen LogP contribution in [0.3, 0.4) is 0 Å². The topological polar surface area (TPSA) is 87.9 Å². The first kappa shape index (κ1) is 18.5. The highest BCUT2D eigenvalue weighted by Gasteiger charge is 2.31. The molecule has 0 amide bonds. The van der Waals surface area contributed by atoms with Crippen LogP contribution in [0.2, 0.25) is 0 Å². The summed E-state index contributed by atoms with van der Waals surface area (Å²) in [5.41, 5.74) is -0.546. The van der Waals surface area contributed by atoms with Crippen LogP contribution in [0.1, 0.15) is 25.3 Å². The molecule has 0 bridgehead atoms. The summed E-state index contributed by atoms with van der Waals surface area (Å²) in [6, 6.07) is 1.91. The second kappa shape index (κ2) is 8.76. The van der Waals surface area contributed by atoms with E-state index in [1.165, 1.54) is 6.07 Å². The van der Waals surface area contributed by atoms with Gasteiger partial charge in [0.2, 0.25) is 0 Å². The molecule has 0 N–H and O–H groups in total. The molecule has 0 saturated carbocycles. The van der Waals surface area contributed by atoms with Gasteiger partial charge in [-0.15, -0.1) is 0 Å². The molecule has 0 aliphatic carbocycles. The third-order valence-electron chi connectivity index (χ3n) is 2.65. The van der Waals surface area contributed by atoms with Crippen molar-refractivity contribution < 1.29 is 28.6 Å². The highest BCUT2D eigenvalue weighted by molar-refractivity contribution is 9.10. The number of nitro benzene ring substituents is 1. The average molecular weight is 380 g/mol. The van der Waals surface area contributed by atoms with Crippen LogP contribution in [0.4, 0.5) is 10.1 Å². The summed E-state index contributed by atoms with van der Waals surface area (Å²) in [5.74, 6) is -2.63. The third kappa shape index (κ3) is 4.72. The Hall–Kier alpha value is -1.58. The number of nitrogens with zero attached hydrogens (tertiary/aromatic N) is 1. The van der Waals surface area contributed by atoms with Crippen molar-refractivity contribution >= 4 is 27.6 Å². The summed E-state index contributed by atoms with van der Waals surface area (Å²) in [4.78, 5) is 31.9. The maximum absolute atomic E-state index is 13.5. The predicted molar refractivity (Wildman–Crippen MR) is 77.7 cm³/mol. The van der Waals surface area contributed by atoms with Gasteiger partial charge in [-0.1, -0.05) is 0 Å². The van der Waals surface area contributed by atoms with Crippen molar-refractivity contribution in [3.8, 4) is 0 Å². The van der Waals surface area contributed by atoms with Gasteiger partial charge in [0.15, 0.2) is 0 Å². The normalized spacial score (nSPS) is 12.0. The lowest BCUT2D eigenvalue weighted by Gasteiger charge is -2.16. The number of rotatable bonds is 8. The van der Waals surface area contributed by atoms with Gasteiger partial charge in [-0.2, -0.15) is 0 Å². The maximum Gasteiger partial charge on any atom is 0.316 e. The monoisotopic (exact) mass is 379 g/mol. The van der Waals surface area contributed by atoms with Crippen LogP contribution >= 0.6 is 15.9 Å². The zero-order valence-corrected chi connectivity index (χ0v) is 13.6. The number of carbonyl (C=O) groups excluding carboxylic acids is 1. The van der Waals surface area contributed by atoms with Crippen LogP contribution in [0, 0.1) is 15.9 Å². The maximum atomic E-state index is 13.5. The Bertz CT molecular complexity index is 554. The van der Waals surface area contributed by atoms with E-state index in [2.05, 4.69) is 15.9 Å². The Morgan fingerprint density at radius 1 is 1.36 bits per heavy atom. The largest absolute Gasteiger partial charge is 0.465 e. The second-order valence-corrected chi connectivity index (χ2v) is 4.93. The van der Waals surface area contributed by atoms with Crippen molar-refractivity contribution in [2.75, 3.05) is 19.8 Å². The second-order valence-electron chi connectivity index (χ2n) is 4.08. The van der Waals surface area contributed by atoms with E-state index in [1.807, 2.05) is 0 Å². The Balaban J connectivity index is 3.24. The molecule has 0 heterocycles. The van der Waals surface area contributed by atoms with Gasteiger partial charge in [-0.25, -0.2) is 14.2 Å². The molecular weight excluding hydrogens is 365 g/mol. The molecule has 1 rings (SSSR count). The molecular formula is C13H15BrFNO6. The van der Waals surface area contributed by atoms with Crippen LogP contribution in [0.25, 0.3) is 0 Å². The number of benzene rings is 1. The van der Waals surface area contributed by atoms with Crippen LogP contribution in [-0.4, -0.2) is 30.7 Å². The summed E-state index contributed by atoms with van der Waals surface area (Å²) in [6.45, 7) is 3.33. The van der Waals surface area contributed by atoms with Crippen molar-refractivity contribution in [2.24, 2.45) is 0 Å². The highest BCUT2D eigenvalue weighted by atomic mass is 79.9. The van der Waals surface area contributed by atoms with Gasteiger partial charge in [0.05, 0.1) is 35.3 Å². The van der Waals surface area contributed by atoms with Gasteiger partial charge >= 0.3 is 5.97 Å². The van der Waals surface area contributed by atoms with E-state index in [9.17, 15) is 19.3 Å². The van der Waals surface area contributed by atoms with E-state index in [0.717, 1.165) is 6.07 Å². The third-order valence-corrected chi connectivity index (χ3v) is 3.26. The van der Waals surface area contributed by atoms with Crippen molar-refractivity contribution in [3.63, 3.8) is 0 Å². The number of hydrogen-bond donors (Lipinski definition) is 0. The van der Waals surface area contributed by atoms with Gasteiger partial charge in [0.1, 0.15) is 11.7 Å². The number of hydrogen-bond acceptors (Lipinski definition) is 6. The Morgan fingerprint density at radius 3 is 2.59 bits per heavy atom. The zero-order chi connectivity index (χ0) is 16.7. The molecule has 0 aliphatic rings. The summed E-state index contributed by atoms with van der Waals surface area (Å²) >= 11 is 2.95. The molecule has 1 aromatic rings. The first-order valence-corrected chi connectivity index (χ1v) is 7.26. The molecule has 0 aliphatic heterocycles. The molecule has 0 saturated heterocycles. The summed E-state index contributed by atoms with van der Waals surface area (Å²) < 4.78 is 18.4. The van der Waals surface area contributed by atoms with E-state index in [1.54, 1.807) is 13.8 Å². The van der Waals surface area contributed by atoms with Crippen molar-refractivity contribution in [1.82, 2.24) is 0 Å². The summed E-state index contributed by atoms with van der Waals surface area (Å²) in [7, 11) is 0. The minimum Gasteiger partial charge on any atom is -0.465 e. The Kier molecular flexibility index (Phi) is 7.36. The van der Waals surface area contributed by atoms with Gasteiger partial charge in [0.25, 0.3) is 5.69 Å². The molecule has 9 heteroatoms. The van der Waals surface area contributed by atoms with Crippen molar-refractivity contribution in [2.45, 2.75) is 19.8 Å². The summed E-state index contributed by atoms with van der Waals surface area (Å²) in [6.07, 6.45) is 0. The molecule has 0 radical (unpaired) electrons. The van der Waals surface area contributed by atoms with Crippen LogP contribution < -0.4 is 0 Å². The first-order valence-electron chi connectivity index (χ1n) is 6.46. The lowest BCUT2D eigenvalue weighted by atomic mass is 9.98. The van der Waals surface area contributed by atoms with Crippen LogP contribution in [0.15, 0.2) is 16.6 Å². The van der Waals surface area contributed by atoms with Gasteiger partial charge < -0.3 is 4.74 Å². The predicted octanol–water partition coefficient (Wildman–Crippen LogP) is 3.11. The zero-order valence-electron chi connectivity index (χ0n) is 12.0. The fraction of sp³-hybridized carbons (Fsp3) is 0.462.